The fourth-order valence-corrected chi connectivity index (χ4v) is 6.39. The Bertz CT molecular complexity index is 1180. The molecule has 1 aliphatic heterocycles. The summed E-state index contributed by atoms with van der Waals surface area (Å²) >= 11 is 13.1. The lowest BCUT2D eigenvalue weighted by Gasteiger charge is -2.51. The zero-order valence-corrected chi connectivity index (χ0v) is 21.3. The lowest BCUT2D eigenvalue weighted by atomic mass is 9.69. The van der Waals surface area contributed by atoms with E-state index in [2.05, 4.69) is 27.4 Å². The summed E-state index contributed by atoms with van der Waals surface area (Å²) in [7, 11) is 0. The first-order valence-electron chi connectivity index (χ1n) is 12.3. The molecule has 5 nitrogen and oxygen atoms in total. The van der Waals surface area contributed by atoms with Crippen LogP contribution < -0.4 is 10.6 Å². The van der Waals surface area contributed by atoms with Gasteiger partial charge in [0.05, 0.1) is 16.1 Å². The molecule has 8 heteroatoms. The maximum absolute atomic E-state index is 15.7. The van der Waals surface area contributed by atoms with Crippen molar-refractivity contribution in [2.24, 2.45) is 5.92 Å². The summed E-state index contributed by atoms with van der Waals surface area (Å²) in [5, 5.41) is 8.36. The van der Waals surface area contributed by atoms with Gasteiger partial charge < -0.3 is 15.6 Å². The van der Waals surface area contributed by atoms with Gasteiger partial charge in [-0.3, -0.25) is 9.69 Å². The van der Waals surface area contributed by atoms with E-state index in [0.29, 0.717) is 28.6 Å². The smallest absolute Gasteiger partial charge is 0.268 e. The molecular formula is C27H31Cl2FN4O. The normalized spacial score (nSPS) is 25.3. The highest BCUT2D eigenvalue weighted by Gasteiger charge is 2.47. The van der Waals surface area contributed by atoms with Crippen LogP contribution in [0.2, 0.25) is 10.0 Å². The van der Waals surface area contributed by atoms with Crippen LogP contribution in [0.25, 0.3) is 10.9 Å². The highest BCUT2D eigenvalue weighted by atomic mass is 35.5. The number of fused-ring (bicyclic) bond motifs is 1. The molecule has 0 spiro atoms. The molecule has 3 aromatic rings. The van der Waals surface area contributed by atoms with Crippen molar-refractivity contribution in [1.29, 1.82) is 0 Å². The molecule has 2 aromatic carbocycles. The number of aromatic nitrogens is 1. The zero-order chi connectivity index (χ0) is 24.6. The van der Waals surface area contributed by atoms with Gasteiger partial charge in [0.1, 0.15) is 11.9 Å². The average Bonchev–Trinajstić information content (AvgIpc) is 3.31. The van der Waals surface area contributed by atoms with Gasteiger partial charge in [0.2, 0.25) is 0 Å². The number of aromatic amines is 1. The first-order chi connectivity index (χ1) is 16.9. The van der Waals surface area contributed by atoms with Crippen molar-refractivity contribution >= 4 is 40.0 Å². The van der Waals surface area contributed by atoms with E-state index in [-0.39, 0.29) is 11.8 Å². The number of nitrogens with one attached hydrogen (secondary N) is 3. The number of alkyl halides is 1. The van der Waals surface area contributed by atoms with Crippen LogP contribution in [0, 0.1) is 5.92 Å². The van der Waals surface area contributed by atoms with Gasteiger partial charge in [-0.05, 0) is 55.9 Å². The van der Waals surface area contributed by atoms with Gasteiger partial charge in [-0.2, -0.15) is 0 Å². The average molecular weight is 517 g/mol. The van der Waals surface area contributed by atoms with Crippen LogP contribution >= 0.6 is 23.2 Å². The standard InChI is InChI=1S/C27H31Cl2FN4O/c1-27(34-13-11-31-12-14-34,19-6-4-7-20(28)25(19)29)18-9-10-23(21(30)16-18)33-26(35)24-15-17-5-2-3-8-22(17)32-24/h2-8,15,18,21,23,31-32H,9-14,16H2,1H3,(H,33,35). The summed E-state index contributed by atoms with van der Waals surface area (Å²) in [6.07, 6.45) is 0.544. The molecule has 1 saturated carbocycles. The van der Waals surface area contributed by atoms with Crippen molar-refractivity contribution in [3.05, 3.63) is 69.8 Å². The topological polar surface area (TPSA) is 60.2 Å². The summed E-state index contributed by atoms with van der Waals surface area (Å²) in [6, 6.07) is 14.7. The summed E-state index contributed by atoms with van der Waals surface area (Å²) in [5.74, 6) is -0.233. The number of para-hydroxylation sites is 1. The van der Waals surface area contributed by atoms with E-state index in [1.54, 1.807) is 6.07 Å². The fraction of sp³-hybridized carbons (Fsp3) is 0.444. The molecule has 2 fully saturated rings. The van der Waals surface area contributed by atoms with Gasteiger partial charge in [0.15, 0.2) is 0 Å². The number of H-pyrrole nitrogens is 1. The Balaban J connectivity index is 1.35. The Kier molecular flexibility index (Phi) is 7.09. The van der Waals surface area contributed by atoms with E-state index in [4.69, 9.17) is 23.2 Å². The molecule has 2 heterocycles. The maximum atomic E-state index is 15.7. The second-order valence-corrected chi connectivity index (χ2v) is 10.6. The molecule has 0 radical (unpaired) electrons. The second-order valence-electron chi connectivity index (χ2n) is 9.86. The second kappa shape index (κ2) is 10.1. The van der Waals surface area contributed by atoms with Gasteiger partial charge in [-0.1, -0.05) is 53.5 Å². The molecule has 3 N–H and O–H groups in total. The lowest BCUT2D eigenvalue weighted by Crippen LogP contribution is -2.58. The predicted octanol–water partition coefficient (Wildman–Crippen LogP) is 5.53. The highest BCUT2D eigenvalue weighted by Crippen LogP contribution is 2.47. The third kappa shape index (κ3) is 4.69. The molecule has 0 bridgehead atoms. The number of carbonyl (C=O) groups excluding carboxylic acids is 1. The van der Waals surface area contributed by atoms with Crippen molar-refractivity contribution in [3.63, 3.8) is 0 Å². The van der Waals surface area contributed by atoms with E-state index in [0.717, 1.165) is 49.1 Å². The van der Waals surface area contributed by atoms with E-state index in [9.17, 15) is 4.79 Å². The van der Waals surface area contributed by atoms with Crippen LogP contribution in [0.1, 0.15) is 42.2 Å². The van der Waals surface area contributed by atoms with Gasteiger partial charge >= 0.3 is 0 Å². The number of carbonyl (C=O) groups is 1. The van der Waals surface area contributed by atoms with Crippen LogP contribution in [0.5, 0.6) is 0 Å². The van der Waals surface area contributed by atoms with Gasteiger partial charge in [-0.25, -0.2) is 4.39 Å². The number of amides is 1. The number of piperazine rings is 1. The van der Waals surface area contributed by atoms with Gasteiger partial charge in [-0.15, -0.1) is 0 Å². The van der Waals surface area contributed by atoms with Crippen molar-refractivity contribution in [2.45, 2.75) is 43.9 Å². The summed E-state index contributed by atoms with van der Waals surface area (Å²) < 4.78 is 15.7. The van der Waals surface area contributed by atoms with Crippen molar-refractivity contribution in [3.8, 4) is 0 Å². The minimum absolute atomic E-state index is 0.0350. The Morgan fingerprint density at radius 1 is 1.11 bits per heavy atom. The molecule has 5 rings (SSSR count). The minimum atomic E-state index is -1.15. The van der Waals surface area contributed by atoms with Crippen molar-refractivity contribution < 1.29 is 9.18 Å². The Hall–Kier alpha value is -2.12. The van der Waals surface area contributed by atoms with Crippen molar-refractivity contribution in [2.75, 3.05) is 26.2 Å². The van der Waals surface area contributed by atoms with Crippen molar-refractivity contribution in [1.82, 2.24) is 20.5 Å². The number of hydrogen-bond donors (Lipinski definition) is 3. The SMILES string of the molecule is CC(c1cccc(Cl)c1Cl)(C1CCC(NC(=O)c2cc3ccccc3[nH]2)C(F)C1)N1CCNCC1. The number of rotatable bonds is 5. The third-order valence-electron chi connectivity index (χ3n) is 7.93. The summed E-state index contributed by atoms with van der Waals surface area (Å²) in [4.78, 5) is 18.5. The van der Waals surface area contributed by atoms with Crippen LogP contribution in [-0.2, 0) is 5.54 Å². The number of nitrogens with zero attached hydrogens (tertiary/aromatic N) is 1. The molecule has 1 aliphatic carbocycles. The Morgan fingerprint density at radius 3 is 2.63 bits per heavy atom. The van der Waals surface area contributed by atoms with E-state index in [1.165, 1.54) is 0 Å². The molecule has 4 unspecified atom stereocenters. The number of halogens is 3. The largest absolute Gasteiger partial charge is 0.351 e. The Labute approximate surface area is 215 Å². The highest BCUT2D eigenvalue weighted by molar-refractivity contribution is 6.42. The van der Waals surface area contributed by atoms with Gasteiger partial charge in [0.25, 0.3) is 5.91 Å². The molecule has 4 atom stereocenters. The molecule has 1 saturated heterocycles. The maximum Gasteiger partial charge on any atom is 0.268 e. The quantitative estimate of drug-likeness (QED) is 0.417. The lowest BCUT2D eigenvalue weighted by molar-refractivity contribution is -0.00603. The molecule has 35 heavy (non-hydrogen) atoms. The minimum Gasteiger partial charge on any atom is -0.351 e. The summed E-state index contributed by atoms with van der Waals surface area (Å²) in [5.41, 5.74) is 1.84. The molecule has 186 valence electrons. The third-order valence-corrected chi connectivity index (χ3v) is 8.75. The van der Waals surface area contributed by atoms with E-state index < -0.39 is 17.8 Å². The molecule has 2 aliphatic rings. The fourth-order valence-electron chi connectivity index (χ4n) is 5.90. The van der Waals surface area contributed by atoms with Crippen LogP contribution in [0.15, 0.2) is 48.5 Å². The number of hydrogen-bond acceptors (Lipinski definition) is 3. The van der Waals surface area contributed by atoms with E-state index in [1.807, 2.05) is 42.5 Å². The summed E-state index contributed by atoms with van der Waals surface area (Å²) in [6.45, 7) is 5.64. The Morgan fingerprint density at radius 2 is 1.89 bits per heavy atom. The van der Waals surface area contributed by atoms with E-state index >= 15 is 4.39 Å². The number of benzene rings is 2. The van der Waals surface area contributed by atoms with Crippen LogP contribution in [0.3, 0.4) is 0 Å². The van der Waals surface area contributed by atoms with Crippen LogP contribution in [0.4, 0.5) is 4.39 Å². The zero-order valence-electron chi connectivity index (χ0n) is 19.8. The molecule has 1 aromatic heterocycles. The first-order valence-corrected chi connectivity index (χ1v) is 13.1. The molecule has 1 amide bonds. The van der Waals surface area contributed by atoms with Gasteiger partial charge in [0, 0.05) is 42.6 Å². The monoisotopic (exact) mass is 516 g/mol. The molecular weight excluding hydrogens is 486 g/mol. The first kappa shape index (κ1) is 24.6. The van der Waals surface area contributed by atoms with Crippen LogP contribution in [-0.4, -0.2) is 54.2 Å². The predicted molar refractivity (Wildman–Crippen MR) is 140 cm³/mol.